The number of benzene rings is 1. The Bertz CT molecular complexity index is 367. The van der Waals surface area contributed by atoms with Gasteiger partial charge in [-0.05, 0) is 24.6 Å². The van der Waals surface area contributed by atoms with E-state index >= 15 is 0 Å². The highest BCUT2D eigenvalue weighted by atomic mass is 28.3. The molecule has 0 aliphatic rings. The third kappa shape index (κ3) is 2.39. The zero-order valence-electron chi connectivity index (χ0n) is 10.0. The highest BCUT2D eigenvalue weighted by molar-refractivity contribution is 6.95. The van der Waals surface area contributed by atoms with Gasteiger partial charge in [-0.2, -0.15) is 0 Å². The lowest BCUT2D eigenvalue weighted by Crippen LogP contribution is -2.45. The lowest BCUT2D eigenvalue weighted by Gasteiger charge is -2.26. The summed E-state index contributed by atoms with van der Waals surface area (Å²) in [6.45, 7) is 9.09. The molecular weight excluding hydrogens is 200 g/mol. The molecule has 0 radical (unpaired) electrons. The van der Waals surface area contributed by atoms with Crippen molar-refractivity contribution < 1.29 is 5.11 Å². The summed E-state index contributed by atoms with van der Waals surface area (Å²) in [5.41, 5.74) is 1.08. The number of aliphatic hydroxyl groups is 1. The van der Waals surface area contributed by atoms with Crippen molar-refractivity contribution in [3.63, 3.8) is 0 Å². The van der Waals surface area contributed by atoms with Crippen molar-refractivity contribution in [2.24, 2.45) is 0 Å². The highest BCUT2D eigenvalue weighted by Crippen LogP contribution is 2.16. The van der Waals surface area contributed by atoms with Gasteiger partial charge < -0.3 is 5.11 Å². The summed E-state index contributed by atoms with van der Waals surface area (Å²) in [4.78, 5) is 0. The van der Waals surface area contributed by atoms with E-state index < -0.39 is 8.07 Å². The number of hydrogen-bond acceptors (Lipinski definition) is 1. The lowest BCUT2D eigenvalue weighted by atomic mass is 10.2. The van der Waals surface area contributed by atoms with Gasteiger partial charge in [-0.3, -0.25) is 0 Å². The molecule has 1 nitrogen and oxygen atoms in total. The Morgan fingerprint density at radius 3 is 2.47 bits per heavy atom. The summed E-state index contributed by atoms with van der Waals surface area (Å²) in [6.07, 6.45) is 2.19. The van der Waals surface area contributed by atoms with Crippen LogP contribution in [0.4, 0.5) is 0 Å². The van der Waals surface area contributed by atoms with E-state index in [0.717, 1.165) is 5.56 Å². The Kier molecular flexibility index (Phi) is 3.88. The predicted molar refractivity (Wildman–Crippen MR) is 68.9 cm³/mol. The van der Waals surface area contributed by atoms with E-state index in [1.165, 1.54) is 10.4 Å². The molecule has 15 heavy (non-hydrogen) atoms. The molecule has 0 spiro atoms. The first-order valence-electron chi connectivity index (χ1n) is 5.36. The minimum atomic E-state index is -1.55. The summed E-state index contributed by atoms with van der Waals surface area (Å²) >= 11 is 0. The van der Waals surface area contributed by atoms with E-state index in [4.69, 9.17) is 0 Å². The van der Waals surface area contributed by atoms with Crippen LogP contribution in [-0.2, 0) is 6.61 Å². The Hall–Kier alpha value is -0.863. The molecule has 0 unspecified atom stereocenters. The molecule has 0 aliphatic heterocycles. The van der Waals surface area contributed by atoms with E-state index in [0.29, 0.717) is 0 Å². The zero-order chi connectivity index (χ0) is 11.5. The van der Waals surface area contributed by atoms with E-state index in [1.54, 1.807) is 0 Å². The van der Waals surface area contributed by atoms with Crippen LogP contribution in [0.3, 0.4) is 0 Å². The third-order valence-corrected chi connectivity index (χ3v) is 7.37. The Labute approximate surface area is 93.5 Å². The zero-order valence-corrected chi connectivity index (χ0v) is 11.0. The van der Waals surface area contributed by atoms with Gasteiger partial charge in [0.15, 0.2) is 0 Å². The van der Waals surface area contributed by atoms with Crippen molar-refractivity contribution >= 4 is 13.3 Å². The molecule has 1 N–H and O–H groups in total. The molecule has 0 amide bonds. The van der Waals surface area contributed by atoms with E-state index in [1.807, 2.05) is 12.1 Å². The standard InChI is InChI=1S/C13H20OSi/c1-5-11(2)15(3,4)13-9-7-6-8-12(13)10-14/h5-9,14H,10H2,1-4H3/b11-5+. The molecule has 1 aromatic rings. The van der Waals surface area contributed by atoms with E-state index in [2.05, 4.69) is 45.2 Å². The number of rotatable bonds is 3. The Balaban J connectivity index is 3.26. The maximum atomic E-state index is 9.34. The summed E-state index contributed by atoms with van der Waals surface area (Å²) in [7, 11) is -1.55. The van der Waals surface area contributed by atoms with Gasteiger partial charge in [0.05, 0.1) is 6.61 Å². The molecular formula is C13H20OSi. The van der Waals surface area contributed by atoms with Crippen LogP contribution in [0, 0.1) is 0 Å². The van der Waals surface area contributed by atoms with Crippen molar-refractivity contribution in [1.29, 1.82) is 0 Å². The molecule has 2 heteroatoms. The average Bonchev–Trinajstić information content (AvgIpc) is 2.27. The van der Waals surface area contributed by atoms with Crippen LogP contribution >= 0.6 is 0 Å². The first-order chi connectivity index (χ1) is 7.04. The van der Waals surface area contributed by atoms with Crippen molar-refractivity contribution in [2.45, 2.75) is 33.5 Å². The smallest absolute Gasteiger partial charge is 0.107 e. The molecule has 0 heterocycles. The largest absolute Gasteiger partial charge is 0.392 e. The predicted octanol–water partition coefficient (Wildman–Crippen LogP) is 2.60. The third-order valence-electron chi connectivity index (χ3n) is 3.28. The van der Waals surface area contributed by atoms with Gasteiger partial charge in [0.2, 0.25) is 0 Å². The molecule has 1 aromatic carbocycles. The fourth-order valence-corrected chi connectivity index (χ4v) is 4.47. The molecule has 0 aliphatic carbocycles. The van der Waals surface area contributed by atoms with E-state index in [-0.39, 0.29) is 6.61 Å². The summed E-state index contributed by atoms with van der Waals surface area (Å²) in [5, 5.41) is 12.2. The topological polar surface area (TPSA) is 20.2 Å². The maximum Gasteiger partial charge on any atom is 0.107 e. The van der Waals surface area contributed by atoms with Gasteiger partial charge in [0, 0.05) is 0 Å². The second-order valence-electron chi connectivity index (χ2n) is 4.41. The van der Waals surface area contributed by atoms with Gasteiger partial charge in [-0.15, -0.1) is 0 Å². The number of allylic oxidation sites excluding steroid dienone is 2. The monoisotopic (exact) mass is 220 g/mol. The Morgan fingerprint density at radius 1 is 1.33 bits per heavy atom. The first kappa shape index (κ1) is 12.2. The summed E-state index contributed by atoms with van der Waals surface area (Å²) in [6, 6.07) is 8.23. The fourth-order valence-electron chi connectivity index (χ4n) is 1.84. The van der Waals surface area contributed by atoms with Gasteiger partial charge in [0.1, 0.15) is 8.07 Å². The molecule has 0 bridgehead atoms. The van der Waals surface area contributed by atoms with Gasteiger partial charge in [-0.1, -0.05) is 48.6 Å². The van der Waals surface area contributed by atoms with E-state index in [9.17, 15) is 5.11 Å². The van der Waals surface area contributed by atoms with Crippen LogP contribution in [0.2, 0.25) is 13.1 Å². The van der Waals surface area contributed by atoms with Gasteiger partial charge >= 0.3 is 0 Å². The molecule has 0 saturated carbocycles. The summed E-state index contributed by atoms with van der Waals surface area (Å²) < 4.78 is 0. The van der Waals surface area contributed by atoms with Crippen LogP contribution in [0.1, 0.15) is 19.4 Å². The SMILES string of the molecule is C/C=C(\C)[Si](C)(C)c1ccccc1CO. The van der Waals surface area contributed by atoms with Crippen molar-refractivity contribution in [3.05, 3.63) is 41.1 Å². The minimum Gasteiger partial charge on any atom is -0.392 e. The van der Waals surface area contributed by atoms with Crippen molar-refractivity contribution in [2.75, 3.05) is 0 Å². The Morgan fingerprint density at radius 2 is 1.93 bits per heavy atom. The molecule has 0 fully saturated rings. The summed E-state index contributed by atoms with van der Waals surface area (Å²) in [5.74, 6) is 0. The second kappa shape index (κ2) is 4.77. The molecule has 0 aromatic heterocycles. The number of hydrogen-bond donors (Lipinski definition) is 1. The van der Waals surface area contributed by atoms with Crippen LogP contribution in [0.5, 0.6) is 0 Å². The fraction of sp³-hybridized carbons (Fsp3) is 0.385. The molecule has 0 saturated heterocycles. The van der Waals surface area contributed by atoms with Crippen LogP contribution in [-0.4, -0.2) is 13.2 Å². The molecule has 1 rings (SSSR count). The second-order valence-corrected chi connectivity index (χ2v) is 8.99. The van der Waals surface area contributed by atoms with Gasteiger partial charge in [-0.25, -0.2) is 0 Å². The maximum absolute atomic E-state index is 9.34. The first-order valence-corrected chi connectivity index (χ1v) is 8.36. The molecule has 82 valence electrons. The van der Waals surface area contributed by atoms with Crippen molar-refractivity contribution in [1.82, 2.24) is 0 Å². The van der Waals surface area contributed by atoms with Crippen LogP contribution in [0.25, 0.3) is 0 Å². The van der Waals surface area contributed by atoms with Crippen LogP contribution < -0.4 is 5.19 Å². The van der Waals surface area contributed by atoms with Gasteiger partial charge in [0.25, 0.3) is 0 Å². The average molecular weight is 220 g/mol. The molecule has 0 atom stereocenters. The number of aliphatic hydroxyl groups excluding tert-OH is 1. The quantitative estimate of drug-likeness (QED) is 0.776. The van der Waals surface area contributed by atoms with Crippen LogP contribution in [0.15, 0.2) is 35.5 Å². The lowest BCUT2D eigenvalue weighted by molar-refractivity contribution is 0.283. The normalized spacial score (nSPS) is 13.0. The van der Waals surface area contributed by atoms with Crippen molar-refractivity contribution in [3.8, 4) is 0 Å². The highest BCUT2D eigenvalue weighted by Gasteiger charge is 2.26. The minimum absolute atomic E-state index is 0.142.